The number of benzene rings is 2. The molecule has 0 atom stereocenters. The molecule has 0 unspecified atom stereocenters. The molecule has 0 aliphatic heterocycles. The highest BCUT2D eigenvalue weighted by Crippen LogP contribution is 2.33. The van der Waals surface area contributed by atoms with Gasteiger partial charge in [0.1, 0.15) is 16.4 Å². The highest BCUT2D eigenvalue weighted by molar-refractivity contribution is 8.04. The molecule has 2 aromatic heterocycles. The first-order chi connectivity index (χ1) is 16.9. The summed E-state index contributed by atoms with van der Waals surface area (Å²) in [5, 5.41) is 19.7. The van der Waals surface area contributed by atoms with Crippen LogP contribution < -0.4 is 9.47 Å². The zero-order valence-corrected chi connectivity index (χ0v) is 20.9. The van der Waals surface area contributed by atoms with E-state index < -0.39 is 5.97 Å². The van der Waals surface area contributed by atoms with Crippen molar-refractivity contribution in [3.05, 3.63) is 76.4 Å². The maximum absolute atomic E-state index is 12.2. The van der Waals surface area contributed by atoms with Crippen molar-refractivity contribution in [1.29, 1.82) is 0 Å². The Morgan fingerprint density at radius 1 is 1.09 bits per heavy atom. The molecular formula is C25H23ClN4O4S. The fourth-order valence-corrected chi connectivity index (χ4v) is 4.51. The number of halogens is 1. The number of nitrogens with zero attached hydrogens (tertiary/aromatic N) is 4. The Morgan fingerprint density at radius 3 is 2.37 bits per heavy atom. The Balaban J connectivity index is 1.70. The molecular weight excluding hydrogens is 488 g/mol. The van der Waals surface area contributed by atoms with Crippen LogP contribution in [0.5, 0.6) is 11.5 Å². The van der Waals surface area contributed by atoms with Crippen molar-refractivity contribution in [2.75, 3.05) is 14.2 Å². The summed E-state index contributed by atoms with van der Waals surface area (Å²) in [6.07, 6.45) is 3.48. The van der Waals surface area contributed by atoms with Crippen LogP contribution >= 0.6 is 23.4 Å². The number of hydrogen-bond donors (Lipinski definition) is 1. The second-order valence-corrected chi connectivity index (χ2v) is 8.79. The minimum absolute atomic E-state index is 0.107. The van der Waals surface area contributed by atoms with Crippen molar-refractivity contribution >= 4 is 35.4 Å². The molecule has 0 fully saturated rings. The summed E-state index contributed by atoms with van der Waals surface area (Å²) in [4.78, 5) is 12.3. The minimum Gasteiger partial charge on any atom is -0.497 e. The van der Waals surface area contributed by atoms with Crippen LogP contribution in [0.4, 0.5) is 0 Å². The number of thioether (sulfide) groups is 1. The third-order valence-electron chi connectivity index (χ3n) is 5.22. The van der Waals surface area contributed by atoms with E-state index in [9.17, 15) is 9.90 Å². The third-order valence-corrected chi connectivity index (χ3v) is 6.47. The molecule has 4 aromatic rings. The van der Waals surface area contributed by atoms with Crippen LogP contribution in [0, 0.1) is 0 Å². The van der Waals surface area contributed by atoms with Crippen molar-refractivity contribution < 1.29 is 19.4 Å². The van der Waals surface area contributed by atoms with Crippen molar-refractivity contribution in [3.63, 3.8) is 0 Å². The zero-order valence-electron chi connectivity index (χ0n) is 19.3. The Labute approximate surface area is 211 Å². The number of ether oxygens (including phenoxy) is 2. The third kappa shape index (κ3) is 5.36. The molecule has 0 radical (unpaired) electrons. The number of carboxylic acid groups (broad SMARTS) is 1. The number of aliphatic carboxylic acids is 1. The van der Waals surface area contributed by atoms with E-state index in [2.05, 4.69) is 10.2 Å². The Kier molecular flexibility index (Phi) is 7.48. The summed E-state index contributed by atoms with van der Waals surface area (Å²) in [5.41, 5.74) is 2.32. The van der Waals surface area contributed by atoms with E-state index in [1.807, 2.05) is 58.7 Å². The molecule has 2 heterocycles. The Morgan fingerprint density at radius 2 is 1.77 bits per heavy atom. The van der Waals surface area contributed by atoms with Crippen molar-refractivity contribution in [1.82, 2.24) is 19.3 Å². The Hall–Kier alpha value is -3.69. The predicted octanol–water partition coefficient (Wildman–Crippen LogP) is 5.64. The normalized spacial score (nSPS) is 11.5. The summed E-state index contributed by atoms with van der Waals surface area (Å²) in [7, 11) is 3.16. The van der Waals surface area contributed by atoms with Gasteiger partial charge in [0, 0.05) is 40.8 Å². The summed E-state index contributed by atoms with van der Waals surface area (Å²) in [6.45, 7) is 2.49. The molecule has 2 aromatic carbocycles. The first-order valence-corrected chi connectivity index (χ1v) is 11.9. The second-order valence-electron chi connectivity index (χ2n) is 7.35. The van der Waals surface area contributed by atoms with Crippen LogP contribution in [-0.4, -0.2) is 44.6 Å². The van der Waals surface area contributed by atoms with Gasteiger partial charge in [-0.15, -0.1) is 10.2 Å². The van der Waals surface area contributed by atoms with Crippen molar-refractivity contribution in [2.45, 2.75) is 18.6 Å². The van der Waals surface area contributed by atoms with Gasteiger partial charge in [-0.1, -0.05) is 11.6 Å². The number of rotatable bonds is 9. The predicted molar refractivity (Wildman–Crippen MR) is 136 cm³/mol. The van der Waals surface area contributed by atoms with Crippen LogP contribution in [0.3, 0.4) is 0 Å². The molecule has 35 heavy (non-hydrogen) atoms. The van der Waals surface area contributed by atoms with Gasteiger partial charge in [-0.25, -0.2) is 4.79 Å². The van der Waals surface area contributed by atoms with Crippen LogP contribution in [0.2, 0.25) is 5.02 Å². The topological polar surface area (TPSA) is 91.4 Å². The smallest absolute Gasteiger partial charge is 0.342 e. The fraction of sp³-hybridized carbons (Fsp3) is 0.160. The van der Waals surface area contributed by atoms with E-state index in [0.717, 1.165) is 23.0 Å². The van der Waals surface area contributed by atoms with Crippen LogP contribution in [0.15, 0.2) is 70.9 Å². The molecule has 180 valence electrons. The van der Waals surface area contributed by atoms with Gasteiger partial charge in [0.05, 0.1) is 14.2 Å². The fourth-order valence-electron chi connectivity index (χ4n) is 3.52. The first-order valence-electron chi connectivity index (χ1n) is 10.7. The SMILES string of the molecule is CCn1c(S/C(=C\c2cccn2-c2ccc(Cl)cc2)C(=O)O)nnc1-c1cc(OC)cc(OC)c1. The molecule has 0 amide bonds. The lowest BCUT2D eigenvalue weighted by Crippen LogP contribution is -2.03. The average molecular weight is 511 g/mol. The first kappa shape index (κ1) is 24.4. The monoisotopic (exact) mass is 510 g/mol. The summed E-state index contributed by atoms with van der Waals surface area (Å²) >= 11 is 7.05. The molecule has 0 spiro atoms. The molecule has 0 aliphatic carbocycles. The van der Waals surface area contributed by atoms with Crippen LogP contribution in [-0.2, 0) is 11.3 Å². The molecule has 10 heteroatoms. The lowest BCUT2D eigenvalue weighted by atomic mass is 10.2. The van der Waals surface area contributed by atoms with Crippen LogP contribution in [0.25, 0.3) is 23.2 Å². The quantitative estimate of drug-likeness (QED) is 0.230. The molecule has 1 N–H and O–H groups in total. The molecule has 0 saturated carbocycles. The van der Waals surface area contributed by atoms with Gasteiger partial charge in [0.15, 0.2) is 11.0 Å². The molecule has 0 saturated heterocycles. The van der Waals surface area contributed by atoms with E-state index in [4.69, 9.17) is 21.1 Å². The second kappa shape index (κ2) is 10.7. The molecule has 4 rings (SSSR count). The molecule has 0 bridgehead atoms. The molecule has 0 aliphatic rings. The van der Waals surface area contributed by atoms with E-state index in [1.54, 1.807) is 38.5 Å². The van der Waals surface area contributed by atoms with E-state index in [1.165, 1.54) is 0 Å². The summed E-state index contributed by atoms with van der Waals surface area (Å²) < 4.78 is 14.5. The van der Waals surface area contributed by atoms with Gasteiger partial charge in [0.2, 0.25) is 0 Å². The lowest BCUT2D eigenvalue weighted by molar-refractivity contribution is -0.131. The average Bonchev–Trinajstić information content (AvgIpc) is 3.50. The zero-order chi connectivity index (χ0) is 24.9. The van der Waals surface area contributed by atoms with Gasteiger partial charge in [-0.2, -0.15) is 0 Å². The van der Waals surface area contributed by atoms with Crippen molar-refractivity contribution in [3.8, 4) is 28.6 Å². The number of carbonyl (C=O) groups is 1. The standard InChI is InChI=1S/C25H23ClN4O4S/c1-4-29-23(16-12-20(33-2)15-21(13-16)34-3)27-28-25(29)35-22(24(31)32)14-19-6-5-11-30(19)18-9-7-17(26)8-10-18/h5-15H,4H2,1-3H3,(H,31,32)/b22-14-. The van der Waals surface area contributed by atoms with Crippen LogP contribution in [0.1, 0.15) is 12.6 Å². The minimum atomic E-state index is -1.06. The van der Waals surface area contributed by atoms with Gasteiger partial charge in [-0.3, -0.25) is 0 Å². The maximum atomic E-state index is 12.2. The number of carboxylic acids is 1. The lowest BCUT2D eigenvalue weighted by Gasteiger charge is -2.11. The van der Waals surface area contributed by atoms with Gasteiger partial charge < -0.3 is 23.7 Å². The van der Waals surface area contributed by atoms with E-state index >= 15 is 0 Å². The summed E-state index contributed by atoms with van der Waals surface area (Å²) in [6, 6.07) is 16.5. The highest BCUT2D eigenvalue weighted by atomic mass is 35.5. The van der Waals surface area contributed by atoms with Gasteiger partial charge in [-0.05, 0) is 73.3 Å². The van der Waals surface area contributed by atoms with E-state index in [0.29, 0.717) is 39.7 Å². The number of aromatic nitrogens is 4. The number of hydrogen-bond acceptors (Lipinski definition) is 6. The highest BCUT2D eigenvalue weighted by Gasteiger charge is 2.20. The number of methoxy groups -OCH3 is 2. The molecule has 8 nitrogen and oxygen atoms in total. The van der Waals surface area contributed by atoms with E-state index in [-0.39, 0.29) is 4.91 Å². The largest absolute Gasteiger partial charge is 0.497 e. The maximum Gasteiger partial charge on any atom is 0.342 e. The van der Waals surface area contributed by atoms with Crippen molar-refractivity contribution in [2.24, 2.45) is 0 Å². The summed E-state index contributed by atoms with van der Waals surface area (Å²) in [5.74, 6) is 0.761. The van der Waals surface area contributed by atoms with Gasteiger partial charge in [0.25, 0.3) is 0 Å². The van der Waals surface area contributed by atoms with Gasteiger partial charge >= 0.3 is 5.97 Å². The Bertz CT molecular complexity index is 1360.